The zero-order chi connectivity index (χ0) is 16.6. The Labute approximate surface area is 135 Å². The molecule has 0 aliphatic heterocycles. The van der Waals surface area contributed by atoms with Gasteiger partial charge in [0.1, 0.15) is 11.3 Å². The lowest BCUT2D eigenvalue weighted by Crippen LogP contribution is -2.23. The summed E-state index contributed by atoms with van der Waals surface area (Å²) in [7, 11) is 0. The lowest BCUT2D eigenvalue weighted by atomic mass is 9.89. The van der Waals surface area contributed by atoms with Crippen molar-refractivity contribution in [1.29, 1.82) is 0 Å². The lowest BCUT2D eigenvalue weighted by Gasteiger charge is -2.20. The molecule has 23 heavy (non-hydrogen) atoms. The number of hydrogen-bond donors (Lipinski definition) is 0. The number of fused-ring (bicyclic) bond motifs is 1. The Morgan fingerprint density at radius 2 is 1.78 bits per heavy atom. The maximum atomic E-state index is 12.5. The average Bonchev–Trinajstić information content (AvgIpc) is 2.53. The fraction of sp³-hybridized carbons (Fsp3) is 0.474. The molecule has 0 bridgehead atoms. The highest BCUT2D eigenvalue weighted by Crippen LogP contribution is 2.32. The van der Waals surface area contributed by atoms with E-state index in [2.05, 4.69) is 0 Å². The normalized spacial score (nSPS) is 15.8. The van der Waals surface area contributed by atoms with Crippen molar-refractivity contribution in [1.82, 2.24) is 0 Å². The summed E-state index contributed by atoms with van der Waals surface area (Å²) >= 11 is 0. The Bertz CT molecular complexity index is 810. The minimum Gasteiger partial charge on any atom is -0.426 e. The summed E-state index contributed by atoms with van der Waals surface area (Å²) < 4.78 is 11.1. The van der Waals surface area contributed by atoms with Crippen molar-refractivity contribution >= 4 is 16.9 Å². The summed E-state index contributed by atoms with van der Waals surface area (Å²) in [6, 6.07) is 3.65. The van der Waals surface area contributed by atoms with Gasteiger partial charge < -0.3 is 9.15 Å². The van der Waals surface area contributed by atoms with Crippen LogP contribution in [0.1, 0.15) is 48.8 Å². The SMILES string of the molecule is Cc1cc(OC(=O)C2CCCCC2)c2c(C)c(C)c(=O)oc2c1. The van der Waals surface area contributed by atoms with Crippen molar-refractivity contribution < 1.29 is 13.9 Å². The third kappa shape index (κ3) is 3.03. The summed E-state index contributed by atoms with van der Waals surface area (Å²) in [5.74, 6) is 0.316. The third-order valence-corrected chi connectivity index (χ3v) is 4.81. The van der Waals surface area contributed by atoms with Gasteiger partial charge in [-0.15, -0.1) is 0 Å². The summed E-state index contributed by atoms with van der Waals surface area (Å²) in [4.78, 5) is 24.3. The molecule has 3 rings (SSSR count). The molecule has 0 amide bonds. The summed E-state index contributed by atoms with van der Waals surface area (Å²) in [5, 5.41) is 0.719. The first-order valence-electron chi connectivity index (χ1n) is 8.23. The van der Waals surface area contributed by atoms with E-state index in [1.807, 2.05) is 19.9 Å². The molecule has 4 heteroatoms. The Morgan fingerprint density at radius 1 is 1.09 bits per heavy atom. The smallest absolute Gasteiger partial charge is 0.339 e. The van der Waals surface area contributed by atoms with Crippen LogP contribution in [0.2, 0.25) is 0 Å². The topological polar surface area (TPSA) is 56.5 Å². The number of rotatable bonds is 2. The predicted molar refractivity (Wildman–Crippen MR) is 88.9 cm³/mol. The van der Waals surface area contributed by atoms with Crippen molar-refractivity contribution in [2.24, 2.45) is 5.92 Å². The summed E-state index contributed by atoms with van der Waals surface area (Å²) in [6.07, 6.45) is 5.16. The van der Waals surface area contributed by atoms with Gasteiger partial charge in [0, 0.05) is 5.56 Å². The summed E-state index contributed by atoms with van der Waals surface area (Å²) in [5.41, 5.74) is 2.39. The van der Waals surface area contributed by atoms with E-state index < -0.39 is 0 Å². The number of benzene rings is 1. The zero-order valence-corrected chi connectivity index (χ0v) is 13.9. The maximum Gasteiger partial charge on any atom is 0.339 e. The van der Waals surface area contributed by atoms with Crippen LogP contribution in [-0.4, -0.2) is 5.97 Å². The van der Waals surface area contributed by atoms with E-state index in [0.29, 0.717) is 16.9 Å². The van der Waals surface area contributed by atoms with Crippen LogP contribution in [0.5, 0.6) is 5.75 Å². The van der Waals surface area contributed by atoms with Gasteiger partial charge in [0.15, 0.2) is 0 Å². The highest BCUT2D eigenvalue weighted by atomic mass is 16.5. The number of aryl methyl sites for hydroxylation is 2. The van der Waals surface area contributed by atoms with Crippen LogP contribution < -0.4 is 10.4 Å². The molecule has 122 valence electrons. The highest BCUT2D eigenvalue weighted by molar-refractivity contribution is 5.90. The van der Waals surface area contributed by atoms with Gasteiger partial charge in [-0.2, -0.15) is 0 Å². The molecule has 1 aromatic heterocycles. The van der Waals surface area contributed by atoms with Gasteiger partial charge >= 0.3 is 11.6 Å². The Balaban J connectivity index is 2.04. The second-order valence-corrected chi connectivity index (χ2v) is 6.53. The lowest BCUT2D eigenvalue weighted by molar-refractivity contribution is -0.139. The van der Waals surface area contributed by atoms with Gasteiger partial charge in [0.05, 0.1) is 11.3 Å². The molecule has 0 unspecified atom stereocenters. The molecule has 4 nitrogen and oxygen atoms in total. The molecule has 0 radical (unpaired) electrons. The highest BCUT2D eigenvalue weighted by Gasteiger charge is 2.24. The van der Waals surface area contributed by atoms with Crippen molar-refractivity contribution in [2.75, 3.05) is 0 Å². The van der Waals surface area contributed by atoms with Crippen LogP contribution in [0.15, 0.2) is 21.3 Å². The van der Waals surface area contributed by atoms with Gasteiger partial charge in [-0.1, -0.05) is 19.3 Å². The summed E-state index contributed by atoms with van der Waals surface area (Å²) in [6.45, 7) is 5.49. The van der Waals surface area contributed by atoms with E-state index >= 15 is 0 Å². The van der Waals surface area contributed by atoms with Crippen LogP contribution >= 0.6 is 0 Å². The predicted octanol–water partition coefficient (Wildman–Crippen LogP) is 4.20. The van der Waals surface area contributed by atoms with E-state index in [1.54, 1.807) is 13.0 Å². The molecule has 0 saturated heterocycles. The number of esters is 1. The molecule has 1 saturated carbocycles. The Kier molecular flexibility index (Phi) is 4.24. The zero-order valence-electron chi connectivity index (χ0n) is 13.9. The molecule has 1 heterocycles. The van der Waals surface area contributed by atoms with E-state index in [4.69, 9.17) is 9.15 Å². The van der Waals surface area contributed by atoms with Crippen LogP contribution in [0.3, 0.4) is 0 Å². The number of hydrogen-bond acceptors (Lipinski definition) is 4. The minimum atomic E-state index is -0.342. The number of carbonyl (C=O) groups is 1. The van der Waals surface area contributed by atoms with Crippen LogP contribution in [0, 0.1) is 26.7 Å². The third-order valence-electron chi connectivity index (χ3n) is 4.81. The Hall–Kier alpha value is -2.10. The van der Waals surface area contributed by atoms with E-state index in [9.17, 15) is 9.59 Å². The first kappa shape index (κ1) is 15.8. The van der Waals surface area contributed by atoms with E-state index in [-0.39, 0.29) is 17.5 Å². The van der Waals surface area contributed by atoms with Gasteiger partial charge in [-0.25, -0.2) is 4.79 Å². The maximum absolute atomic E-state index is 12.5. The monoisotopic (exact) mass is 314 g/mol. The van der Waals surface area contributed by atoms with Crippen LogP contribution in [-0.2, 0) is 4.79 Å². The van der Waals surface area contributed by atoms with Gasteiger partial charge in [-0.05, 0) is 56.9 Å². The molecule has 1 aromatic carbocycles. The first-order valence-corrected chi connectivity index (χ1v) is 8.23. The second kappa shape index (κ2) is 6.19. The van der Waals surface area contributed by atoms with Gasteiger partial charge in [0.2, 0.25) is 0 Å². The van der Waals surface area contributed by atoms with Crippen molar-refractivity contribution in [3.63, 3.8) is 0 Å². The van der Waals surface area contributed by atoms with Gasteiger partial charge in [-0.3, -0.25) is 4.79 Å². The largest absolute Gasteiger partial charge is 0.426 e. The fourth-order valence-electron chi connectivity index (χ4n) is 3.30. The Morgan fingerprint density at radius 3 is 2.48 bits per heavy atom. The second-order valence-electron chi connectivity index (χ2n) is 6.53. The van der Waals surface area contributed by atoms with E-state index in [0.717, 1.165) is 42.2 Å². The van der Waals surface area contributed by atoms with Crippen molar-refractivity contribution in [2.45, 2.75) is 52.9 Å². The standard InChI is InChI=1S/C19H22O4/c1-11-9-15-17(12(2)13(3)18(20)22-15)16(10-11)23-19(21)14-7-5-4-6-8-14/h9-10,14H,4-8H2,1-3H3. The average molecular weight is 314 g/mol. The molecule has 2 aromatic rings. The quantitative estimate of drug-likeness (QED) is 0.473. The molecular formula is C19H22O4. The van der Waals surface area contributed by atoms with Gasteiger partial charge in [0.25, 0.3) is 0 Å². The van der Waals surface area contributed by atoms with Crippen molar-refractivity contribution in [3.05, 3.63) is 39.2 Å². The number of ether oxygens (including phenoxy) is 1. The molecule has 0 spiro atoms. The van der Waals surface area contributed by atoms with E-state index in [1.165, 1.54) is 6.42 Å². The van der Waals surface area contributed by atoms with Crippen LogP contribution in [0.4, 0.5) is 0 Å². The molecule has 1 aliphatic carbocycles. The number of carbonyl (C=O) groups excluding carboxylic acids is 1. The molecule has 1 fully saturated rings. The fourth-order valence-corrected chi connectivity index (χ4v) is 3.30. The molecular weight excluding hydrogens is 292 g/mol. The van der Waals surface area contributed by atoms with Crippen LogP contribution in [0.25, 0.3) is 11.0 Å². The van der Waals surface area contributed by atoms with Crippen molar-refractivity contribution in [3.8, 4) is 5.75 Å². The molecule has 1 aliphatic rings. The molecule has 0 N–H and O–H groups in total. The minimum absolute atomic E-state index is 0.0172. The molecule has 0 atom stereocenters. The first-order chi connectivity index (χ1) is 11.0.